The Kier molecular flexibility index (Phi) is 3.31. The van der Waals surface area contributed by atoms with Gasteiger partial charge in [-0.1, -0.05) is 35.3 Å². The predicted molar refractivity (Wildman–Crippen MR) is 66.7 cm³/mol. The highest BCUT2D eigenvalue weighted by Crippen LogP contribution is 2.29. The summed E-state index contributed by atoms with van der Waals surface area (Å²) in [6.07, 6.45) is 1.47. The number of aromatic carboxylic acids is 1. The van der Waals surface area contributed by atoms with E-state index in [-0.39, 0.29) is 5.69 Å². The number of carbonyl (C=O) groups is 1. The Labute approximate surface area is 108 Å². The first-order valence-corrected chi connectivity index (χ1v) is 5.48. The highest BCUT2D eigenvalue weighted by molar-refractivity contribution is 6.36. The smallest absolute Gasteiger partial charge is 0.354 e. The first-order chi connectivity index (χ1) is 8.08. The third-order valence-corrected chi connectivity index (χ3v) is 2.77. The van der Waals surface area contributed by atoms with Crippen LogP contribution in [0.25, 0.3) is 11.1 Å². The summed E-state index contributed by atoms with van der Waals surface area (Å²) < 4.78 is 0. The van der Waals surface area contributed by atoms with Gasteiger partial charge in [0, 0.05) is 27.4 Å². The van der Waals surface area contributed by atoms with E-state index in [0.717, 1.165) is 11.1 Å². The molecule has 0 aliphatic heterocycles. The van der Waals surface area contributed by atoms with Gasteiger partial charge in [0.25, 0.3) is 0 Å². The predicted octanol–water partition coefficient (Wildman–Crippen LogP) is 3.75. The van der Waals surface area contributed by atoms with Gasteiger partial charge in [-0.25, -0.2) is 9.78 Å². The van der Waals surface area contributed by atoms with Crippen LogP contribution < -0.4 is 0 Å². The van der Waals surface area contributed by atoms with E-state index in [4.69, 9.17) is 28.3 Å². The molecular formula is C12H7Cl2NO2. The van der Waals surface area contributed by atoms with Crippen LogP contribution in [0.15, 0.2) is 36.5 Å². The van der Waals surface area contributed by atoms with E-state index in [1.807, 2.05) is 0 Å². The zero-order chi connectivity index (χ0) is 12.4. The van der Waals surface area contributed by atoms with E-state index in [9.17, 15) is 4.79 Å². The molecule has 0 spiro atoms. The molecule has 0 saturated carbocycles. The van der Waals surface area contributed by atoms with Gasteiger partial charge >= 0.3 is 5.97 Å². The number of benzene rings is 1. The molecule has 0 aliphatic carbocycles. The zero-order valence-corrected chi connectivity index (χ0v) is 10.0. The molecule has 86 valence electrons. The minimum atomic E-state index is -1.06. The topological polar surface area (TPSA) is 50.2 Å². The number of carboxylic acid groups (broad SMARTS) is 1. The maximum absolute atomic E-state index is 10.7. The fourth-order valence-corrected chi connectivity index (χ4v) is 1.92. The van der Waals surface area contributed by atoms with E-state index < -0.39 is 5.97 Å². The maximum Gasteiger partial charge on any atom is 0.354 e. The van der Waals surface area contributed by atoms with Gasteiger partial charge in [0.15, 0.2) is 0 Å². The summed E-state index contributed by atoms with van der Waals surface area (Å²) in [5.74, 6) is -1.06. The number of rotatable bonds is 2. The monoisotopic (exact) mass is 267 g/mol. The van der Waals surface area contributed by atoms with Crippen molar-refractivity contribution >= 4 is 29.2 Å². The third kappa shape index (κ3) is 2.57. The van der Waals surface area contributed by atoms with Gasteiger partial charge < -0.3 is 5.11 Å². The Bertz CT molecular complexity index is 567. The lowest BCUT2D eigenvalue weighted by Crippen LogP contribution is -1.99. The third-order valence-electron chi connectivity index (χ3n) is 2.22. The zero-order valence-electron chi connectivity index (χ0n) is 8.52. The molecule has 0 bridgehead atoms. The van der Waals surface area contributed by atoms with Crippen LogP contribution >= 0.6 is 23.2 Å². The average molecular weight is 268 g/mol. The van der Waals surface area contributed by atoms with Crippen molar-refractivity contribution < 1.29 is 9.90 Å². The van der Waals surface area contributed by atoms with Crippen molar-refractivity contribution in [1.29, 1.82) is 0 Å². The van der Waals surface area contributed by atoms with E-state index in [0.29, 0.717) is 10.0 Å². The summed E-state index contributed by atoms with van der Waals surface area (Å²) in [6.45, 7) is 0. The lowest BCUT2D eigenvalue weighted by atomic mass is 10.1. The summed E-state index contributed by atoms with van der Waals surface area (Å²) in [5, 5.41) is 9.78. The van der Waals surface area contributed by atoms with Crippen LogP contribution in [-0.4, -0.2) is 16.1 Å². The fourth-order valence-electron chi connectivity index (χ4n) is 1.40. The lowest BCUT2D eigenvalue weighted by Gasteiger charge is -2.04. The maximum atomic E-state index is 10.7. The van der Waals surface area contributed by atoms with Gasteiger partial charge in [0.1, 0.15) is 5.69 Å². The molecule has 0 atom stereocenters. The minimum absolute atomic E-state index is 0.00108. The van der Waals surface area contributed by atoms with Crippen LogP contribution in [0, 0.1) is 0 Å². The molecular weight excluding hydrogens is 261 g/mol. The Hall–Kier alpha value is -1.58. The van der Waals surface area contributed by atoms with E-state index in [2.05, 4.69) is 4.98 Å². The van der Waals surface area contributed by atoms with Crippen molar-refractivity contribution in [3.63, 3.8) is 0 Å². The molecule has 0 amide bonds. The molecule has 3 nitrogen and oxygen atoms in total. The second-order valence-corrected chi connectivity index (χ2v) is 4.21. The summed E-state index contributed by atoms with van der Waals surface area (Å²) in [5.41, 5.74) is 1.51. The first kappa shape index (κ1) is 11.9. The summed E-state index contributed by atoms with van der Waals surface area (Å²) in [4.78, 5) is 14.5. The molecule has 1 aromatic carbocycles. The number of hydrogen-bond acceptors (Lipinski definition) is 2. The Balaban J connectivity index is 2.43. The van der Waals surface area contributed by atoms with Crippen LogP contribution in [-0.2, 0) is 0 Å². The van der Waals surface area contributed by atoms with Crippen LogP contribution in [0.1, 0.15) is 10.5 Å². The molecule has 0 unspecified atom stereocenters. The average Bonchev–Trinajstić information content (AvgIpc) is 2.29. The van der Waals surface area contributed by atoms with Crippen LogP contribution in [0.4, 0.5) is 0 Å². The summed E-state index contributed by atoms with van der Waals surface area (Å²) >= 11 is 11.8. The molecule has 2 aromatic rings. The summed E-state index contributed by atoms with van der Waals surface area (Å²) in [6, 6.07) is 8.20. The molecule has 5 heteroatoms. The molecule has 0 radical (unpaired) electrons. The molecule has 1 N–H and O–H groups in total. The van der Waals surface area contributed by atoms with E-state index in [1.165, 1.54) is 12.3 Å². The van der Waals surface area contributed by atoms with Gasteiger partial charge in [-0.15, -0.1) is 0 Å². The Morgan fingerprint density at radius 2 is 1.94 bits per heavy atom. The highest BCUT2D eigenvalue weighted by atomic mass is 35.5. The number of halogens is 2. The van der Waals surface area contributed by atoms with Gasteiger partial charge in [-0.3, -0.25) is 0 Å². The molecule has 0 fully saturated rings. The van der Waals surface area contributed by atoms with Crippen LogP contribution in [0.5, 0.6) is 0 Å². The SMILES string of the molecule is O=C(O)c1ccc(-c2ccc(Cl)cc2Cl)cn1. The second kappa shape index (κ2) is 4.73. The Morgan fingerprint density at radius 3 is 2.47 bits per heavy atom. The standard InChI is InChI=1S/C12H7Cl2NO2/c13-8-2-3-9(10(14)5-8)7-1-4-11(12(16)17)15-6-7/h1-6H,(H,16,17). The van der Waals surface area contributed by atoms with Gasteiger partial charge in [0.05, 0.1) is 0 Å². The number of aromatic nitrogens is 1. The molecule has 2 rings (SSSR count). The molecule has 17 heavy (non-hydrogen) atoms. The summed E-state index contributed by atoms with van der Waals surface area (Å²) in [7, 11) is 0. The number of pyridine rings is 1. The quantitative estimate of drug-likeness (QED) is 0.902. The van der Waals surface area contributed by atoms with E-state index in [1.54, 1.807) is 24.3 Å². The molecule has 1 heterocycles. The highest BCUT2D eigenvalue weighted by Gasteiger charge is 2.07. The Morgan fingerprint density at radius 1 is 1.18 bits per heavy atom. The molecule has 1 aromatic heterocycles. The van der Waals surface area contributed by atoms with Crippen molar-refractivity contribution in [2.75, 3.05) is 0 Å². The van der Waals surface area contributed by atoms with E-state index >= 15 is 0 Å². The molecule has 0 aliphatic rings. The van der Waals surface area contributed by atoms with Gasteiger partial charge in [0.2, 0.25) is 0 Å². The van der Waals surface area contributed by atoms with Gasteiger partial charge in [-0.2, -0.15) is 0 Å². The largest absolute Gasteiger partial charge is 0.477 e. The van der Waals surface area contributed by atoms with Crippen molar-refractivity contribution in [2.45, 2.75) is 0 Å². The van der Waals surface area contributed by atoms with Gasteiger partial charge in [-0.05, 0) is 18.2 Å². The number of carboxylic acids is 1. The van der Waals surface area contributed by atoms with Crippen molar-refractivity contribution in [3.8, 4) is 11.1 Å². The van der Waals surface area contributed by atoms with Crippen LogP contribution in [0.3, 0.4) is 0 Å². The van der Waals surface area contributed by atoms with Crippen molar-refractivity contribution in [3.05, 3.63) is 52.3 Å². The lowest BCUT2D eigenvalue weighted by molar-refractivity contribution is 0.0690. The van der Waals surface area contributed by atoms with Crippen molar-refractivity contribution in [1.82, 2.24) is 4.98 Å². The first-order valence-electron chi connectivity index (χ1n) is 4.72. The number of nitrogens with zero attached hydrogens (tertiary/aromatic N) is 1. The molecule has 0 saturated heterocycles. The normalized spacial score (nSPS) is 10.2. The van der Waals surface area contributed by atoms with Crippen molar-refractivity contribution in [2.24, 2.45) is 0 Å². The van der Waals surface area contributed by atoms with Crippen LogP contribution in [0.2, 0.25) is 10.0 Å². The second-order valence-electron chi connectivity index (χ2n) is 3.36. The minimum Gasteiger partial charge on any atom is -0.477 e. The fraction of sp³-hybridized carbons (Fsp3) is 0. The number of hydrogen-bond donors (Lipinski definition) is 1.